The summed E-state index contributed by atoms with van der Waals surface area (Å²) in [7, 11) is 1.37. The predicted molar refractivity (Wildman–Crippen MR) is 85.1 cm³/mol. The third-order valence-corrected chi connectivity index (χ3v) is 3.91. The van der Waals surface area contributed by atoms with E-state index in [1.807, 2.05) is 0 Å². The molecule has 1 aliphatic heterocycles. The molecule has 1 saturated heterocycles. The van der Waals surface area contributed by atoms with Crippen LogP contribution in [0, 0.1) is 0 Å². The third kappa shape index (κ3) is 2.90. The zero-order valence-electron chi connectivity index (χ0n) is 13.3. The van der Waals surface area contributed by atoms with Crippen LogP contribution < -0.4 is 15.3 Å². The van der Waals surface area contributed by atoms with Gasteiger partial charge in [-0.15, -0.1) is 4.98 Å². The van der Waals surface area contributed by atoms with Crippen LogP contribution in [0.15, 0.2) is 29.1 Å². The number of ether oxygens (including phenoxy) is 1. The summed E-state index contributed by atoms with van der Waals surface area (Å²) in [5.41, 5.74) is 0.632. The van der Waals surface area contributed by atoms with Gasteiger partial charge < -0.3 is 9.64 Å². The second-order valence-electron chi connectivity index (χ2n) is 5.45. The number of Topliss-reactive ketones (excluding diaryl/α,β-unsaturated/α-hetero) is 1. The maximum Gasteiger partial charge on any atom is 0.351 e. The average Bonchev–Trinajstić information content (AvgIpc) is 2.96. The minimum absolute atomic E-state index is 0.0417. The molecular formula is C16H16N4O4. The van der Waals surface area contributed by atoms with E-state index < -0.39 is 11.7 Å². The van der Waals surface area contributed by atoms with Crippen molar-refractivity contribution in [2.45, 2.75) is 25.8 Å². The second-order valence-corrected chi connectivity index (χ2v) is 5.45. The molecule has 2 heterocycles. The number of anilines is 1. The molecule has 1 aliphatic rings. The van der Waals surface area contributed by atoms with Gasteiger partial charge in [0.1, 0.15) is 5.82 Å². The van der Waals surface area contributed by atoms with E-state index in [-0.39, 0.29) is 17.7 Å². The van der Waals surface area contributed by atoms with E-state index >= 15 is 0 Å². The van der Waals surface area contributed by atoms with Crippen LogP contribution in [0.1, 0.15) is 42.0 Å². The molecule has 1 unspecified atom stereocenters. The molecule has 24 heavy (non-hydrogen) atoms. The predicted octanol–water partition coefficient (Wildman–Crippen LogP) is 1.24. The van der Waals surface area contributed by atoms with Crippen LogP contribution in [0.3, 0.4) is 0 Å². The highest BCUT2D eigenvalue weighted by Crippen LogP contribution is 2.35. The second kappa shape index (κ2) is 6.23. The summed E-state index contributed by atoms with van der Waals surface area (Å²) in [6.07, 6.45) is 0.858. The number of aromatic amines is 1. The Morgan fingerprint density at radius 2 is 1.96 bits per heavy atom. The first-order chi connectivity index (χ1) is 11.5. The minimum Gasteiger partial charge on any atom is -0.467 e. The van der Waals surface area contributed by atoms with Crippen molar-refractivity contribution in [1.29, 1.82) is 0 Å². The van der Waals surface area contributed by atoms with Crippen LogP contribution in [-0.4, -0.2) is 33.8 Å². The topological polar surface area (TPSA) is 105 Å². The lowest BCUT2D eigenvalue weighted by atomic mass is 10.1. The van der Waals surface area contributed by atoms with Gasteiger partial charge >= 0.3 is 11.7 Å². The highest BCUT2D eigenvalue weighted by Gasteiger charge is 2.35. The zero-order valence-corrected chi connectivity index (χ0v) is 13.3. The molecule has 124 valence electrons. The molecular weight excluding hydrogens is 312 g/mol. The number of carbonyl (C=O) groups is 2. The Bertz CT molecular complexity index is 844. The van der Waals surface area contributed by atoms with Crippen LogP contribution in [0.25, 0.3) is 0 Å². The Morgan fingerprint density at radius 1 is 1.25 bits per heavy atom. The fraction of sp³-hybridized carbons (Fsp3) is 0.312. The van der Waals surface area contributed by atoms with E-state index in [0.29, 0.717) is 29.9 Å². The van der Waals surface area contributed by atoms with Crippen LogP contribution in [0.2, 0.25) is 0 Å². The van der Waals surface area contributed by atoms with E-state index in [9.17, 15) is 14.4 Å². The fourth-order valence-electron chi connectivity index (χ4n) is 2.75. The monoisotopic (exact) mass is 328 g/mol. The Balaban J connectivity index is 1.99. The van der Waals surface area contributed by atoms with Crippen molar-refractivity contribution in [3.63, 3.8) is 0 Å². The lowest BCUT2D eigenvalue weighted by molar-refractivity contribution is -0.117. The molecule has 1 aromatic heterocycles. The van der Waals surface area contributed by atoms with Crippen molar-refractivity contribution in [2.75, 3.05) is 12.0 Å². The highest BCUT2D eigenvalue weighted by atomic mass is 16.5. The molecule has 1 atom stereocenters. The van der Waals surface area contributed by atoms with Gasteiger partial charge in [0.05, 0.1) is 13.2 Å². The number of benzene rings is 1. The van der Waals surface area contributed by atoms with Gasteiger partial charge in [0.25, 0.3) is 0 Å². The van der Waals surface area contributed by atoms with Crippen molar-refractivity contribution in [3.8, 4) is 6.01 Å². The Labute approximate surface area is 137 Å². The summed E-state index contributed by atoms with van der Waals surface area (Å²) in [4.78, 5) is 47.2. The largest absolute Gasteiger partial charge is 0.467 e. The molecule has 8 nitrogen and oxygen atoms in total. The first-order valence-electron chi connectivity index (χ1n) is 7.45. The number of rotatable bonds is 4. The zero-order chi connectivity index (χ0) is 17.3. The lowest BCUT2D eigenvalue weighted by Crippen LogP contribution is -2.30. The number of hydrogen-bond donors (Lipinski definition) is 1. The number of hydrogen-bond acceptors (Lipinski definition) is 6. The number of methoxy groups -OCH3 is 1. The molecule has 1 amide bonds. The van der Waals surface area contributed by atoms with Gasteiger partial charge in [-0.3, -0.25) is 14.6 Å². The van der Waals surface area contributed by atoms with Crippen molar-refractivity contribution in [1.82, 2.24) is 15.0 Å². The Hall–Kier alpha value is -3.03. The van der Waals surface area contributed by atoms with E-state index in [1.54, 1.807) is 29.2 Å². The van der Waals surface area contributed by atoms with Crippen molar-refractivity contribution < 1.29 is 14.3 Å². The molecule has 8 heteroatoms. The van der Waals surface area contributed by atoms with Crippen LogP contribution in [0.5, 0.6) is 6.01 Å². The lowest BCUT2D eigenvalue weighted by Gasteiger charge is -2.24. The Kier molecular flexibility index (Phi) is 4.11. The maximum atomic E-state index is 12.3. The smallest absolute Gasteiger partial charge is 0.351 e. The molecule has 2 aromatic rings. The maximum absolute atomic E-state index is 12.3. The van der Waals surface area contributed by atoms with Crippen molar-refractivity contribution in [2.24, 2.45) is 0 Å². The summed E-state index contributed by atoms with van der Waals surface area (Å²) in [6.45, 7) is 1.48. The molecule has 0 saturated carbocycles. The van der Waals surface area contributed by atoms with Crippen LogP contribution in [0.4, 0.5) is 5.69 Å². The number of nitrogens with one attached hydrogen (secondary N) is 1. The van der Waals surface area contributed by atoms with E-state index in [2.05, 4.69) is 15.0 Å². The molecule has 1 aromatic carbocycles. The van der Waals surface area contributed by atoms with Crippen molar-refractivity contribution in [3.05, 3.63) is 46.1 Å². The molecule has 1 N–H and O–H groups in total. The molecule has 0 bridgehead atoms. The van der Waals surface area contributed by atoms with E-state index in [1.165, 1.54) is 14.0 Å². The summed E-state index contributed by atoms with van der Waals surface area (Å²) in [6, 6.07) is 6.31. The summed E-state index contributed by atoms with van der Waals surface area (Å²) in [5.74, 6) is 0.207. The number of ketones is 1. The van der Waals surface area contributed by atoms with Gasteiger partial charge in [0.15, 0.2) is 5.78 Å². The average molecular weight is 328 g/mol. The molecule has 0 radical (unpaired) electrons. The number of amides is 1. The summed E-state index contributed by atoms with van der Waals surface area (Å²) >= 11 is 0. The SMILES string of the molecule is COc1nc(C2CCC(=O)N2c2ccc(C(C)=O)cc2)[nH]c(=O)n1. The molecule has 3 rings (SSSR count). The summed E-state index contributed by atoms with van der Waals surface area (Å²) < 4.78 is 4.92. The fourth-order valence-corrected chi connectivity index (χ4v) is 2.75. The number of H-pyrrole nitrogens is 1. The number of nitrogens with zero attached hydrogens (tertiary/aromatic N) is 3. The number of carbonyl (C=O) groups excluding carboxylic acids is 2. The van der Waals surface area contributed by atoms with Gasteiger partial charge in [-0.25, -0.2) is 4.79 Å². The molecule has 0 spiro atoms. The van der Waals surface area contributed by atoms with Crippen LogP contribution >= 0.6 is 0 Å². The van der Waals surface area contributed by atoms with Gasteiger partial charge in [-0.2, -0.15) is 4.98 Å². The molecule has 0 aliphatic carbocycles. The van der Waals surface area contributed by atoms with Crippen LogP contribution in [-0.2, 0) is 4.79 Å². The standard InChI is InChI=1S/C16H16N4O4/c1-9(21)10-3-5-11(6-4-10)20-12(7-8-13(20)22)14-17-15(23)19-16(18-14)24-2/h3-6,12H,7-8H2,1-2H3,(H,17,18,19,23). The first kappa shape index (κ1) is 15.9. The normalized spacial score (nSPS) is 17.2. The minimum atomic E-state index is -0.580. The quantitative estimate of drug-likeness (QED) is 0.847. The third-order valence-electron chi connectivity index (χ3n) is 3.91. The van der Waals surface area contributed by atoms with E-state index in [4.69, 9.17) is 4.74 Å². The van der Waals surface area contributed by atoms with Gasteiger partial charge in [0.2, 0.25) is 5.91 Å². The van der Waals surface area contributed by atoms with Gasteiger partial charge in [0, 0.05) is 17.7 Å². The van der Waals surface area contributed by atoms with Gasteiger partial charge in [-0.05, 0) is 37.6 Å². The Morgan fingerprint density at radius 3 is 2.58 bits per heavy atom. The van der Waals surface area contributed by atoms with Crippen molar-refractivity contribution >= 4 is 17.4 Å². The number of aromatic nitrogens is 3. The highest BCUT2D eigenvalue weighted by molar-refractivity contribution is 5.98. The molecule has 1 fully saturated rings. The first-order valence-corrected chi connectivity index (χ1v) is 7.45. The van der Waals surface area contributed by atoms with E-state index in [0.717, 1.165) is 0 Å². The van der Waals surface area contributed by atoms with Gasteiger partial charge in [-0.1, -0.05) is 0 Å². The summed E-state index contributed by atoms with van der Waals surface area (Å²) in [5, 5.41) is 0.